The highest BCUT2D eigenvalue weighted by molar-refractivity contribution is 6.05. The molecule has 0 saturated carbocycles. The van der Waals surface area contributed by atoms with Gasteiger partial charge in [-0.25, -0.2) is 9.50 Å². The molecule has 4 aromatic rings. The fraction of sp³-hybridized carbons (Fsp3) is 0.208. The van der Waals surface area contributed by atoms with Crippen molar-refractivity contribution in [3.8, 4) is 16.9 Å². The monoisotopic (exact) mass is 400 g/mol. The third-order valence-corrected chi connectivity index (χ3v) is 5.21. The van der Waals surface area contributed by atoms with Gasteiger partial charge in [0.2, 0.25) is 0 Å². The molecule has 0 radical (unpaired) electrons. The highest BCUT2D eigenvalue weighted by Crippen LogP contribution is 2.30. The van der Waals surface area contributed by atoms with E-state index in [1.807, 2.05) is 45.0 Å². The van der Waals surface area contributed by atoms with Crippen LogP contribution in [0.1, 0.15) is 32.9 Å². The zero-order valence-electron chi connectivity index (χ0n) is 17.8. The van der Waals surface area contributed by atoms with E-state index in [2.05, 4.69) is 40.5 Å². The van der Waals surface area contributed by atoms with Gasteiger partial charge >= 0.3 is 0 Å². The van der Waals surface area contributed by atoms with Crippen LogP contribution in [0.3, 0.4) is 0 Å². The average Bonchev–Trinajstić information content (AvgIpc) is 3.05. The largest absolute Gasteiger partial charge is 0.495 e. The fourth-order valence-electron chi connectivity index (χ4n) is 3.67. The highest BCUT2D eigenvalue weighted by atomic mass is 16.5. The summed E-state index contributed by atoms with van der Waals surface area (Å²) in [6, 6.07) is 13.9. The van der Waals surface area contributed by atoms with Gasteiger partial charge in [-0.15, -0.1) is 0 Å². The molecular formula is C24H24N4O2. The van der Waals surface area contributed by atoms with Crippen molar-refractivity contribution in [1.82, 2.24) is 14.6 Å². The first kappa shape index (κ1) is 19.6. The number of hydrogen-bond acceptors (Lipinski definition) is 4. The summed E-state index contributed by atoms with van der Waals surface area (Å²) in [7, 11) is 1.58. The van der Waals surface area contributed by atoms with E-state index in [9.17, 15) is 4.79 Å². The number of methoxy groups -OCH3 is 1. The molecule has 30 heavy (non-hydrogen) atoms. The van der Waals surface area contributed by atoms with Gasteiger partial charge in [0.25, 0.3) is 5.91 Å². The van der Waals surface area contributed by atoms with Crippen LogP contribution >= 0.6 is 0 Å². The molecule has 152 valence electrons. The number of anilines is 1. The Labute approximate surface area is 175 Å². The fourth-order valence-corrected chi connectivity index (χ4v) is 3.67. The maximum atomic E-state index is 13.0. The van der Waals surface area contributed by atoms with Gasteiger partial charge in [-0.1, -0.05) is 35.9 Å². The van der Waals surface area contributed by atoms with Gasteiger partial charge in [-0.3, -0.25) is 4.79 Å². The molecule has 0 spiro atoms. The van der Waals surface area contributed by atoms with E-state index in [1.165, 1.54) is 5.56 Å². The molecule has 1 amide bonds. The van der Waals surface area contributed by atoms with Crippen molar-refractivity contribution < 1.29 is 9.53 Å². The molecule has 2 heterocycles. The minimum absolute atomic E-state index is 0.254. The normalized spacial score (nSPS) is 11.0. The van der Waals surface area contributed by atoms with Crippen molar-refractivity contribution in [3.05, 3.63) is 76.7 Å². The Kier molecular flexibility index (Phi) is 4.99. The van der Waals surface area contributed by atoms with Crippen LogP contribution in [0.4, 0.5) is 5.69 Å². The standard InChI is InChI=1S/C24H24N4O2/c1-14-7-6-8-18(11-14)22-16(3)27-28-17(4)19(13-25-23(22)28)24(29)26-20-12-15(2)9-10-21(20)30-5/h6-13H,1-5H3,(H,26,29). The first-order valence-corrected chi connectivity index (χ1v) is 9.77. The number of nitrogens with one attached hydrogen (secondary N) is 1. The second kappa shape index (κ2) is 7.63. The first-order valence-electron chi connectivity index (χ1n) is 9.77. The molecule has 2 aromatic heterocycles. The van der Waals surface area contributed by atoms with E-state index >= 15 is 0 Å². The summed E-state index contributed by atoms with van der Waals surface area (Å²) < 4.78 is 7.11. The van der Waals surface area contributed by atoms with Crippen molar-refractivity contribution in [3.63, 3.8) is 0 Å². The van der Waals surface area contributed by atoms with Gasteiger partial charge in [-0.2, -0.15) is 5.10 Å². The topological polar surface area (TPSA) is 68.5 Å². The van der Waals surface area contributed by atoms with E-state index in [0.717, 1.165) is 33.7 Å². The predicted octanol–water partition coefficient (Wildman–Crippen LogP) is 4.89. The minimum Gasteiger partial charge on any atom is -0.495 e. The quantitative estimate of drug-likeness (QED) is 0.529. The smallest absolute Gasteiger partial charge is 0.259 e. The van der Waals surface area contributed by atoms with E-state index in [4.69, 9.17) is 4.74 Å². The number of carbonyl (C=O) groups excluding carboxylic acids is 1. The number of benzene rings is 2. The molecule has 0 aliphatic carbocycles. The molecule has 0 aliphatic rings. The molecule has 0 bridgehead atoms. The summed E-state index contributed by atoms with van der Waals surface area (Å²) in [6.07, 6.45) is 1.61. The predicted molar refractivity (Wildman–Crippen MR) is 118 cm³/mol. The molecule has 0 fully saturated rings. The lowest BCUT2D eigenvalue weighted by Crippen LogP contribution is -2.16. The number of fused-ring (bicyclic) bond motifs is 1. The molecule has 2 aromatic carbocycles. The number of hydrogen-bond donors (Lipinski definition) is 1. The molecular weight excluding hydrogens is 376 g/mol. The number of rotatable bonds is 4. The number of ether oxygens (including phenoxy) is 1. The average molecular weight is 400 g/mol. The summed E-state index contributed by atoms with van der Waals surface area (Å²) in [6.45, 7) is 7.87. The van der Waals surface area contributed by atoms with Gasteiger partial charge in [0.1, 0.15) is 5.75 Å². The van der Waals surface area contributed by atoms with Gasteiger partial charge < -0.3 is 10.1 Å². The zero-order chi connectivity index (χ0) is 21.4. The van der Waals surface area contributed by atoms with Crippen molar-refractivity contribution in [2.24, 2.45) is 0 Å². The van der Waals surface area contributed by atoms with Crippen LogP contribution in [0, 0.1) is 27.7 Å². The maximum Gasteiger partial charge on any atom is 0.259 e. The summed E-state index contributed by atoms with van der Waals surface area (Å²) in [5, 5.41) is 7.61. The number of aryl methyl sites for hydroxylation is 4. The lowest BCUT2D eigenvalue weighted by Gasteiger charge is -2.12. The Morgan fingerprint density at radius 2 is 1.80 bits per heavy atom. The van der Waals surface area contributed by atoms with Gasteiger partial charge in [0.05, 0.1) is 29.7 Å². The molecule has 4 rings (SSSR count). The van der Waals surface area contributed by atoms with Gasteiger partial charge in [0, 0.05) is 11.8 Å². The summed E-state index contributed by atoms with van der Waals surface area (Å²) in [5.41, 5.74) is 7.67. The Morgan fingerprint density at radius 1 is 1.03 bits per heavy atom. The van der Waals surface area contributed by atoms with Gasteiger partial charge in [0.15, 0.2) is 5.65 Å². The molecule has 0 aliphatic heterocycles. The second-order valence-corrected chi connectivity index (χ2v) is 7.48. The minimum atomic E-state index is -0.254. The maximum absolute atomic E-state index is 13.0. The lowest BCUT2D eigenvalue weighted by atomic mass is 10.0. The van der Waals surface area contributed by atoms with E-state index in [0.29, 0.717) is 17.0 Å². The number of aromatic nitrogens is 3. The number of nitrogens with zero attached hydrogens (tertiary/aromatic N) is 3. The van der Waals surface area contributed by atoms with Crippen molar-refractivity contribution in [2.75, 3.05) is 12.4 Å². The van der Waals surface area contributed by atoms with Crippen LogP contribution in [0.25, 0.3) is 16.8 Å². The van der Waals surface area contributed by atoms with Gasteiger partial charge in [-0.05, 0) is 51.0 Å². The summed E-state index contributed by atoms with van der Waals surface area (Å²) >= 11 is 0. The van der Waals surface area contributed by atoms with E-state index in [-0.39, 0.29) is 5.91 Å². The molecule has 6 nitrogen and oxygen atoms in total. The Balaban J connectivity index is 1.76. The molecule has 0 unspecified atom stereocenters. The van der Waals surface area contributed by atoms with Crippen LogP contribution in [-0.4, -0.2) is 27.6 Å². The molecule has 0 atom stereocenters. The van der Waals surface area contributed by atoms with Crippen LogP contribution in [0.2, 0.25) is 0 Å². The van der Waals surface area contributed by atoms with E-state index in [1.54, 1.807) is 17.8 Å². The SMILES string of the molecule is COc1ccc(C)cc1NC(=O)c1cnc2c(-c3cccc(C)c3)c(C)nn2c1C. The molecule has 6 heteroatoms. The van der Waals surface area contributed by atoms with Crippen LogP contribution in [0.5, 0.6) is 5.75 Å². The van der Waals surface area contributed by atoms with Crippen LogP contribution in [-0.2, 0) is 0 Å². The Hall–Kier alpha value is -3.67. The van der Waals surface area contributed by atoms with Crippen molar-refractivity contribution >= 4 is 17.2 Å². The second-order valence-electron chi connectivity index (χ2n) is 7.48. The van der Waals surface area contributed by atoms with Crippen molar-refractivity contribution in [2.45, 2.75) is 27.7 Å². The van der Waals surface area contributed by atoms with Crippen LogP contribution in [0.15, 0.2) is 48.7 Å². The first-order chi connectivity index (χ1) is 14.4. The molecule has 1 N–H and O–H groups in total. The third-order valence-electron chi connectivity index (χ3n) is 5.21. The van der Waals surface area contributed by atoms with E-state index < -0.39 is 0 Å². The summed E-state index contributed by atoms with van der Waals surface area (Å²) in [5.74, 6) is 0.355. The number of amides is 1. The Morgan fingerprint density at radius 3 is 2.53 bits per heavy atom. The number of carbonyl (C=O) groups is 1. The summed E-state index contributed by atoms with van der Waals surface area (Å²) in [4.78, 5) is 17.6. The third kappa shape index (κ3) is 3.41. The highest BCUT2D eigenvalue weighted by Gasteiger charge is 2.19. The Bertz CT molecular complexity index is 1270. The lowest BCUT2D eigenvalue weighted by molar-refractivity contribution is 0.102. The molecule has 0 saturated heterocycles. The zero-order valence-corrected chi connectivity index (χ0v) is 17.8. The van der Waals surface area contributed by atoms with Crippen molar-refractivity contribution in [1.29, 1.82) is 0 Å². The van der Waals surface area contributed by atoms with Crippen LogP contribution < -0.4 is 10.1 Å².